The number of rotatable bonds is 4. The molecule has 13 rings (SSSR count). The highest BCUT2D eigenvalue weighted by Gasteiger charge is 2.24. The molecular formula is C58H34O2. The zero-order valence-electron chi connectivity index (χ0n) is 32.4. The maximum Gasteiger partial charge on any atom is 0.143 e. The van der Waals surface area contributed by atoms with Gasteiger partial charge in [-0.3, -0.25) is 0 Å². The van der Waals surface area contributed by atoms with Gasteiger partial charge in [-0.2, -0.15) is 0 Å². The SMILES string of the molecule is c1ccc(-c2ccc(-c3c4ccccc4c(-c4ccc(-c5c6ccccc6cc6c5oc5ccc7oc8ccccc8c7c56)c5ccccc45)c4ccccc34)cc2)cc1. The highest BCUT2D eigenvalue weighted by atomic mass is 16.3. The Morgan fingerprint density at radius 2 is 0.717 bits per heavy atom. The molecule has 0 amide bonds. The molecule has 0 saturated heterocycles. The van der Waals surface area contributed by atoms with Crippen LogP contribution in [0, 0.1) is 0 Å². The van der Waals surface area contributed by atoms with Crippen LogP contribution in [0.2, 0.25) is 0 Å². The molecule has 0 saturated carbocycles. The van der Waals surface area contributed by atoms with Crippen molar-refractivity contribution in [1.82, 2.24) is 0 Å². The van der Waals surface area contributed by atoms with Crippen molar-refractivity contribution in [2.75, 3.05) is 0 Å². The molecule has 0 N–H and O–H groups in total. The molecule has 278 valence electrons. The van der Waals surface area contributed by atoms with Crippen molar-refractivity contribution < 1.29 is 8.83 Å². The second-order valence-corrected chi connectivity index (χ2v) is 15.9. The van der Waals surface area contributed by atoms with Gasteiger partial charge >= 0.3 is 0 Å². The van der Waals surface area contributed by atoms with E-state index in [1.165, 1.54) is 71.1 Å². The third-order valence-electron chi connectivity index (χ3n) is 12.7. The smallest absolute Gasteiger partial charge is 0.143 e. The van der Waals surface area contributed by atoms with Crippen molar-refractivity contribution in [2.45, 2.75) is 0 Å². The third-order valence-corrected chi connectivity index (χ3v) is 12.7. The van der Waals surface area contributed by atoms with Crippen LogP contribution in [-0.2, 0) is 0 Å². The lowest BCUT2D eigenvalue weighted by molar-refractivity contribution is 0.663. The number of hydrogen-bond donors (Lipinski definition) is 0. The van der Waals surface area contributed by atoms with Gasteiger partial charge in [0.05, 0.1) is 0 Å². The zero-order chi connectivity index (χ0) is 39.3. The summed E-state index contributed by atoms with van der Waals surface area (Å²) < 4.78 is 13.4. The molecule has 0 aliphatic heterocycles. The van der Waals surface area contributed by atoms with Gasteiger partial charge in [-0.15, -0.1) is 0 Å². The van der Waals surface area contributed by atoms with E-state index in [0.29, 0.717) is 0 Å². The third kappa shape index (κ3) is 4.76. The first-order valence-electron chi connectivity index (χ1n) is 20.6. The Hall–Kier alpha value is -7.94. The molecule has 2 nitrogen and oxygen atoms in total. The van der Waals surface area contributed by atoms with E-state index < -0.39 is 0 Å². The largest absolute Gasteiger partial charge is 0.456 e. The quantitative estimate of drug-likeness (QED) is 0.167. The van der Waals surface area contributed by atoms with Gasteiger partial charge in [0, 0.05) is 27.1 Å². The standard InChI is InChI=1S/C58H34O2/c1-2-14-35(15-3-1)36-26-28-37(29-27-36)53-42-20-8-10-22-44(42)54(45-23-11-9-21-43(45)53)46-30-31-47(41-19-7-6-18-40(41)46)55-39-17-5-4-16-38(39)34-49-57-52(60-58(49)55)33-32-51-56(57)48-24-12-13-25-50(48)59-51/h1-34H. The van der Waals surface area contributed by atoms with Crippen molar-refractivity contribution in [3.63, 3.8) is 0 Å². The van der Waals surface area contributed by atoms with Gasteiger partial charge in [-0.25, -0.2) is 0 Å². The fourth-order valence-electron chi connectivity index (χ4n) is 10.1. The zero-order valence-corrected chi connectivity index (χ0v) is 32.4. The van der Waals surface area contributed by atoms with Gasteiger partial charge in [-0.05, 0) is 106 Å². The highest BCUT2D eigenvalue weighted by Crippen LogP contribution is 2.50. The first-order chi connectivity index (χ1) is 29.8. The fraction of sp³-hybridized carbons (Fsp3) is 0. The van der Waals surface area contributed by atoms with Crippen LogP contribution >= 0.6 is 0 Å². The first kappa shape index (κ1) is 33.1. The minimum Gasteiger partial charge on any atom is -0.456 e. The average Bonchev–Trinajstić information content (AvgIpc) is 3.88. The molecule has 0 aliphatic carbocycles. The fourth-order valence-corrected chi connectivity index (χ4v) is 10.1. The summed E-state index contributed by atoms with van der Waals surface area (Å²) in [6, 6.07) is 74.5. The second kappa shape index (κ2) is 12.8. The minimum atomic E-state index is 0.856. The van der Waals surface area contributed by atoms with Gasteiger partial charge < -0.3 is 8.83 Å². The molecule has 0 fully saturated rings. The molecular weight excluding hydrogens is 729 g/mol. The van der Waals surface area contributed by atoms with Crippen LogP contribution in [0.5, 0.6) is 0 Å². The van der Waals surface area contributed by atoms with E-state index in [0.717, 1.165) is 60.4 Å². The predicted molar refractivity (Wildman–Crippen MR) is 253 cm³/mol. The maximum atomic E-state index is 7.00. The monoisotopic (exact) mass is 762 g/mol. The summed E-state index contributed by atoms with van der Waals surface area (Å²) in [6.07, 6.45) is 0. The van der Waals surface area contributed by atoms with E-state index in [4.69, 9.17) is 8.83 Å². The van der Waals surface area contributed by atoms with Crippen LogP contribution < -0.4 is 0 Å². The summed E-state index contributed by atoms with van der Waals surface area (Å²) in [7, 11) is 0. The summed E-state index contributed by atoms with van der Waals surface area (Å²) in [5, 5.41) is 14.0. The Kier molecular flexibility index (Phi) is 7.05. The Labute approximate surface area is 345 Å². The lowest BCUT2D eigenvalue weighted by Crippen LogP contribution is -1.93. The van der Waals surface area contributed by atoms with Crippen LogP contribution in [0.15, 0.2) is 215 Å². The average molecular weight is 763 g/mol. The Morgan fingerprint density at radius 3 is 1.38 bits per heavy atom. The number of hydrogen-bond acceptors (Lipinski definition) is 2. The number of benzene rings is 11. The Bertz CT molecular complexity index is 3810. The van der Waals surface area contributed by atoms with Gasteiger partial charge in [0.15, 0.2) is 0 Å². The predicted octanol–water partition coefficient (Wildman–Crippen LogP) is 16.8. The molecule has 2 heteroatoms. The van der Waals surface area contributed by atoms with Crippen molar-refractivity contribution in [1.29, 1.82) is 0 Å². The Balaban J connectivity index is 1.08. The first-order valence-corrected chi connectivity index (χ1v) is 20.6. The van der Waals surface area contributed by atoms with Crippen molar-refractivity contribution in [3.8, 4) is 44.5 Å². The van der Waals surface area contributed by atoms with Crippen LogP contribution in [0.25, 0.3) is 131 Å². The van der Waals surface area contributed by atoms with Crippen molar-refractivity contribution in [2.24, 2.45) is 0 Å². The summed E-state index contributed by atoms with van der Waals surface area (Å²) in [6.45, 7) is 0. The second-order valence-electron chi connectivity index (χ2n) is 15.9. The van der Waals surface area contributed by atoms with E-state index in [2.05, 4.69) is 188 Å². The summed E-state index contributed by atoms with van der Waals surface area (Å²) in [4.78, 5) is 0. The van der Waals surface area contributed by atoms with Crippen LogP contribution in [0.4, 0.5) is 0 Å². The molecule has 2 aromatic heterocycles. The molecule has 2 heterocycles. The molecule has 0 aliphatic rings. The topological polar surface area (TPSA) is 26.3 Å². The lowest BCUT2D eigenvalue weighted by atomic mass is 9.83. The molecule has 13 aromatic rings. The molecule has 60 heavy (non-hydrogen) atoms. The normalized spacial score (nSPS) is 12.0. The van der Waals surface area contributed by atoms with E-state index in [1.807, 2.05) is 18.2 Å². The minimum absolute atomic E-state index is 0.856. The van der Waals surface area contributed by atoms with Crippen LogP contribution in [0.3, 0.4) is 0 Å². The lowest BCUT2D eigenvalue weighted by Gasteiger charge is -2.20. The van der Waals surface area contributed by atoms with E-state index in [9.17, 15) is 0 Å². The summed E-state index contributed by atoms with van der Waals surface area (Å²) in [5.41, 5.74) is 13.1. The Morgan fingerprint density at radius 1 is 0.250 bits per heavy atom. The van der Waals surface area contributed by atoms with Crippen molar-refractivity contribution in [3.05, 3.63) is 206 Å². The highest BCUT2D eigenvalue weighted by molar-refractivity contribution is 6.30. The van der Waals surface area contributed by atoms with Crippen LogP contribution in [0.1, 0.15) is 0 Å². The maximum absolute atomic E-state index is 7.00. The number of fused-ring (bicyclic) bond motifs is 11. The van der Waals surface area contributed by atoms with Crippen LogP contribution in [-0.4, -0.2) is 0 Å². The van der Waals surface area contributed by atoms with Crippen molar-refractivity contribution >= 4 is 87.0 Å². The molecule has 0 atom stereocenters. The molecule has 0 unspecified atom stereocenters. The number of para-hydroxylation sites is 1. The summed E-state index contributed by atoms with van der Waals surface area (Å²) in [5.74, 6) is 0. The molecule has 0 radical (unpaired) electrons. The number of furan rings is 2. The van der Waals surface area contributed by atoms with Gasteiger partial charge in [0.2, 0.25) is 0 Å². The van der Waals surface area contributed by atoms with Gasteiger partial charge in [0.1, 0.15) is 22.3 Å². The van der Waals surface area contributed by atoms with E-state index in [-0.39, 0.29) is 0 Å². The van der Waals surface area contributed by atoms with E-state index >= 15 is 0 Å². The van der Waals surface area contributed by atoms with Gasteiger partial charge in [-0.1, -0.05) is 182 Å². The molecule has 0 bridgehead atoms. The molecule has 11 aromatic carbocycles. The summed E-state index contributed by atoms with van der Waals surface area (Å²) >= 11 is 0. The van der Waals surface area contributed by atoms with E-state index in [1.54, 1.807) is 0 Å². The molecule has 0 spiro atoms. The van der Waals surface area contributed by atoms with Gasteiger partial charge in [0.25, 0.3) is 0 Å².